The van der Waals surface area contributed by atoms with Gasteiger partial charge < -0.3 is 31.0 Å². The minimum Gasteiger partial charge on any atom is -0.462 e. The molecule has 1 fully saturated rings. The maximum atomic E-state index is 16.2. The SMILES string of the molecule is CCC(=O)O[C@@H]1[C@@H](COC(=O)[C@@H](N)C(C)C)O[C@@H](n2cnc3c(NC)nc(N)nc32)[C@]1(C)F. The first-order chi connectivity index (χ1) is 15.5. The number of esters is 2. The summed E-state index contributed by atoms with van der Waals surface area (Å²) < 4.78 is 34.1. The quantitative estimate of drug-likeness (QED) is 0.472. The molecule has 0 aliphatic carbocycles. The van der Waals surface area contributed by atoms with Crippen molar-refractivity contribution in [3.63, 3.8) is 0 Å². The summed E-state index contributed by atoms with van der Waals surface area (Å²) in [5.41, 5.74) is 9.96. The largest absolute Gasteiger partial charge is 0.462 e. The minimum atomic E-state index is -2.23. The fourth-order valence-corrected chi connectivity index (χ4v) is 3.57. The van der Waals surface area contributed by atoms with Gasteiger partial charge in [-0.05, 0) is 12.8 Å². The molecule has 12 nitrogen and oxygen atoms in total. The lowest BCUT2D eigenvalue weighted by molar-refractivity contribution is -0.161. The fourth-order valence-electron chi connectivity index (χ4n) is 3.57. The Morgan fingerprint density at radius 2 is 2.09 bits per heavy atom. The molecule has 2 aromatic heterocycles. The Labute approximate surface area is 190 Å². The van der Waals surface area contributed by atoms with Crippen molar-refractivity contribution in [2.75, 3.05) is 24.7 Å². The van der Waals surface area contributed by atoms with Crippen molar-refractivity contribution >= 4 is 34.9 Å². The van der Waals surface area contributed by atoms with Crippen molar-refractivity contribution in [3.8, 4) is 0 Å². The van der Waals surface area contributed by atoms with Crippen LogP contribution in [0.1, 0.15) is 40.3 Å². The molecule has 0 amide bonds. The lowest BCUT2D eigenvalue weighted by Gasteiger charge is -2.27. The number of alkyl halides is 1. The number of carbonyl (C=O) groups excluding carboxylic acids is 2. The number of aromatic nitrogens is 4. The normalized spacial score (nSPS) is 25.9. The number of ether oxygens (including phenoxy) is 3. The molecule has 182 valence electrons. The average molecular weight is 468 g/mol. The first kappa shape index (κ1) is 24.6. The maximum absolute atomic E-state index is 16.2. The Morgan fingerprint density at radius 1 is 1.39 bits per heavy atom. The van der Waals surface area contributed by atoms with Gasteiger partial charge in [-0.1, -0.05) is 20.8 Å². The summed E-state index contributed by atoms with van der Waals surface area (Å²) in [7, 11) is 1.64. The Kier molecular flexibility index (Phi) is 7.03. The first-order valence-corrected chi connectivity index (χ1v) is 10.6. The van der Waals surface area contributed by atoms with Crippen LogP contribution in [0.3, 0.4) is 0 Å². The van der Waals surface area contributed by atoms with Gasteiger partial charge in [-0.3, -0.25) is 14.2 Å². The van der Waals surface area contributed by atoms with E-state index >= 15 is 4.39 Å². The van der Waals surface area contributed by atoms with Crippen molar-refractivity contribution in [3.05, 3.63) is 6.33 Å². The standard InChI is InChI=1S/C20H30FN7O5/c1-6-11(29)33-14-10(7-31-17(30)12(22)9(2)3)32-18(20(14,4)21)28-8-25-13-15(24-5)26-19(23)27-16(13)28/h8-10,12,14,18H,6-7,22H2,1-5H3,(H3,23,24,26,27)/t10-,12+,14-,18-,20-/m1/s1. The number of imidazole rings is 1. The molecule has 0 saturated carbocycles. The monoisotopic (exact) mass is 467 g/mol. The zero-order valence-corrected chi connectivity index (χ0v) is 19.2. The van der Waals surface area contributed by atoms with Gasteiger partial charge in [0, 0.05) is 13.5 Å². The second-order valence-corrected chi connectivity index (χ2v) is 8.35. The number of fused-ring (bicyclic) bond motifs is 1. The molecule has 3 rings (SSSR count). The van der Waals surface area contributed by atoms with Gasteiger partial charge in [0.25, 0.3) is 0 Å². The van der Waals surface area contributed by atoms with Gasteiger partial charge in [0.05, 0.1) is 6.33 Å². The Balaban J connectivity index is 1.95. The molecular formula is C20H30FN7O5. The van der Waals surface area contributed by atoms with Crippen LogP contribution in [0.15, 0.2) is 6.33 Å². The van der Waals surface area contributed by atoms with Crippen LogP contribution in [0.2, 0.25) is 0 Å². The maximum Gasteiger partial charge on any atom is 0.323 e. The average Bonchev–Trinajstić information content (AvgIpc) is 3.28. The van der Waals surface area contributed by atoms with Crippen LogP contribution in [-0.2, 0) is 23.8 Å². The number of hydrogen-bond donors (Lipinski definition) is 3. The summed E-state index contributed by atoms with van der Waals surface area (Å²) in [6.07, 6.45) is -2.39. The molecule has 1 aliphatic heterocycles. The van der Waals surface area contributed by atoms with E-state index in [1.807, 2.05) is 0 Å². The van der Waals surface area contributed by atoms with Crippen LogP contribution in [0.4, 0.5) is 16.2 Å². The summed E-state index contributed by atoms with van der Waals surface area (Å²) in [5, 5.41) is 2.86. The van der Waals surface area contributed by atoms with Gasteiger partial charge in [0.1, 0.15) is 18.8 Å². The molecule has 5 N–H and O–H groups in total. The van der Waals surface area contributed by atoms with E-state index in [4.69, 9.17) is 25.7 Å². The number of halogens is 1. The van der Waals surface area contributed by atoms with Crippen molar-refractivity contribution in [1.82, 2.24) is 19.5 Å². The molecule has 0 unspecified atom stereocenters. The number of anilines is 2. The van der Waals surface area contributed by atoms with Crippen LogP contribution < -0.4 is 16.8 Å². The van der Waals surface area contributed by atoms with E-state index in [0.717, 1.165) is 0 Å². The third-order valence-electron chi connectivity index (χ3n) is 5.54. The Hall–Kier alpha value is -3.06. The van der Waals surface area contributed by atoms with E-state index in [0.29, 0.717) is 11.3 Å². The van der Waals surface area contributed by atoms with Crippen LogP contribution in [0, 0.1) is 5.92 Å². The summed E-state index contributed by atoms with van der Waals surface area (Å²) in [6.45, 7) is 6.01. The molecule has 0 aromatic carbocycles. The smallest absolute Gasteiger partial charge is 0.323 e. The summed E-state index contributed by atoms with van der Waals surface area (Å²) in [5.74, 6) is -1.13. The molecule has 2 aromatic rings. The minimum absolute atomic E-state index is 0.0330. The fraction of sp³-hybridized carbons (Fsp3) is 0.650. The Bertz CT molecular complexity index is 1030. The molecule has 13 heteroatoms. The van der Waals surface area contributed by atoms with Gasteiger partial charge >= 0.3 is 11.9 Å². The van der Waals surface area contributed by atoms with Gasteiger partial charge in [-0.15, -0.1) is 0 Å². The number of nitrogen functional groups attached to an aromatic ring is 1. The predicted molar refractivity (Wildman–Crippen MR) is 117 cm³/mol. The van der Waals surface area contributed by atoms with Gasteiger partial charge in [0.2, 0.25) is 5.95 Å². The number of nitrogens with two attached hydrogens (primary N) is 2. The molecule has 1 aliphatic rings. The van der Waals surface area contributed by atoms with Crippen molar-refractivity contribution in [1.29, 1.82) is 0 Å². The van der Waals surface area contributed by atoms with E-state index in [1.165, 1.54) is 17.8 Å². The molecule has 3 heterocycles. The molecular weight excluding hydrogens is 437 g/mol. The van der Waals surface area contributed by atoms with Crippen LogP contribution in [0.25, 0.3) is 11.2 Å². The lowest BCUT2D eigenvalue weighted by Crippen LogP contribution is -2.45. The van der Waals surface area contributed by atoms with Crippen LogP contribution in [0.5, 0.6) is 0 Å². The summed E-state index contributed by atoms with van der Waals surface area (Å²) in [6, 6.07) is -0.854. The van der Waals surface area contributed by atoms with E-state index < -0.39 is 42.1 Å². The van der Waals surface area contributed by atoms with Crippen molar-refractivity contribution in [2.24, 2.45) is 11.7 Å². The number of nitrogens with zero attached hydrogens (tertiary/aromatic N) is 4. The molecule has 0 radical (unpaired) electrons. The summed E-state index contributed by atoms with van der Waals surface area (Å²) >= 11 is 0. The highest BCUT2D eigenvalue weighted by Gasteiger charge is 2.58. The topological polar surface area (TPSA) is 170 Å². The van der Waals surface area contributed by atoms with E-state index in [2.05, 4.69) is 20.3 Å². The highest BCUT2D eigenvalue weighted by Crippen LogP contribution is 2.44. The molecule has 5 atom stereocenters. The third kappa shape index (κ3) is 4.69. The van der Waals surface area contributed by atoms with Crippen molar-refractivity contribution < 1.29 is 28.2 Å². The predicted octanol–water partition coefficient (Wildman–Crippen LogP) is 0.924. The van der Waals surface area contributed by atoms with E-state index in [1.54, 1.807) is 27.8 Å². The van der Waals surface area contributed by atoms with Gasteiger partial charge in [0.15, 0.2) is 35.0 Å². The zero-order chi connectivity index (χ0) is 24.5. The van der Waals surface area contributed by atoms with E-state index in [-0.39, 0.29) is 30.5 Å². The molecule has 33 heavy (non-hydrogen) atoms. The Morgan fingerprint density at radius 3 is 2.70 bits per heavy atom. The second-order valence-electron chi connectivity index (χ2n) is 8.35. The van der Waals surface area contributed by atoms with Gasteiger partial charge in [-0.2, -0.15) is 9.97 Å². The number of hydrogen-bond acceptors (Lipinski definition) is 11. The van der Waals surface area contributed by atoms with Crippen LogP contribution >= 0.6 is 0 Å². The highest BCUT2D eigenvalue weighted by molar-refractivity contribution is 5.84. The highest BCUT2D eigenvalue weighted by atomic mass is 19.1. The zero-order valence-electron chi connectivity index (χ0n) is 19.2. The van der Waals surface area contributed by atoms with Gasteiger partial charge in [-0.25, -0.2) is 9.37 Å². The lowest BCUT2D eigenvalue weighted by atomic mass is 9.98. The van der Waals surface area contributed by atoms with Crippen LogP contribution in [-0.4, -0.2) is 69.0 Å². The number of nitrogens with one attached hydrogen (secondary N) is 1. The molecule has 1 saturated heterocycles. The number of carbonyl (C=O) groups is 2. The van der Waals surface area contributed by atoms with E-state index in [9.17, 15) is 9.59 Å². The second kappa shape index (κ2) is 9.43. The van der Waals surface area contributed by atoms with Crippen molar-refractivity contribution in [2.45, 2.75) is 64.3 Å². The molecule has 0 spiro atoms. The first-order valence-electron chi connectivity index (χ1n) is 10.6. The number of rotatable bonds is 8. The third-order valence-corrected chi connectivity index (χ3v) is 5.54. The summed E-state index contributed by atoms with van der Waals surface area (Å²) in [4.78, 5) is 36.7. The molecule has 0 bridgehead atoms.